The maximum absolute atomic E-state index is 13.6. The first-order valence-electron chi connectivity index (χ1n) is 8.25. The van der Waals surface area contributed by atoms with E-state index < -0.39 is 23.9 Å². The third-order valence-corrected chi connectivity index (χ3v) is 4.95. The number of alkyl halides is 2. The van der Waals surface area contributed by atoms with Gasteiger partial charge in [0.25, 0.3) is 11.8 Å². The van der Waals surface area contributed by atoms with Crippen molar-refractivity contribution in [2.24, 2.45) is 5.11 Å². The molecule has 140 valence electrons. The first-order chi connectivity index (χ1) is 12.7. The second-order valence-corrected chi connectivity index (χ2v) is 6.75. The molecule has 0 aromatic carbocycles. The summed E-state index contributed by atoms with van der Waals surface area (Å²) in [6.45, 7) is 1.55. The van der Waals surface area contributed by atoms with E-state index in [9.17, 15) is 18.4 Å². The summed E-state index contributed by atoms with van der Waals surface area (Å²) in [5, 5.41) is 3.45. The Hall–Kier alpha value is -3.20. The molecule has 2 fully saturated rings. The van der Waals surface area contributed by atoms with Crippen LogP contribution in [0, 0.1) is 0 Å². The number of carbonyl (C=O) groups is 2. The topological polar surface area (TPSA) is 107 Å². The monoisotopic (exact) mass is 375 g/mol. The van der Waals surface area contributed by atoms with E-state index in [0.29, 0.717) is 16.9 Å². The highest BCUT2D eigenvalue weighted by Gasteiger charge is 2.58. The lowest BCUT2D eigenvalue weighted by atomic mass is 10.1. The molecule has 0 N–H and O–H groups in total. The second-order valence-electron chi connectivity index (χ2n) is 6.75. The zero-order valence-corrected chi connectivity index (χ0v) is 14.5. The maximum atomic E-state index is 13.6. The number of amides is 3. The zero-order chi connectivity index (χ0) is 19.5. The number of imide groups is 1. The number of urea groups is 1. The number of fused-ring (bicyclic) bond motifs is 1. The van der Waals surface area contributed by atoms with Crippen molar-refractivity contribution in [1.29, 1.82) is 0 Å². The van der Waals surface area contributed by atoms with E-state index in [2.05, 4.69) is 15.0 Å². The number of hydrogen-bond donors (Lipinski definition) is 0. The average molecular weight is 375 g/mol. The number of aromatic nitrogens is 2. The van der Waals surface area contributed by atoms with Crippen LogP contribution in [0.3, 0.4) is 0 Å². The summed E-state index contributed by atoms with van der Waals surface area (Å²) in [5.41, 5.74) is 9.87. The molecule has 1 saturated carbocycles. The van der Waals surface area contributed by atoms with Gasteiger partial charge in [0.1, 0.15) is 6.04 Å². The highest BCUT2D eigenvalue weighted by atomic mass is 19.3. The minimum absolute atomic E-state index is 0.0190. The Morgan fingerprint density at radius 1 is 1.41 bits per heavy atom. The quantitative estimate of drug-likeness (QED) is 0.355. The molecule has 0 radical (unpaired) electrons. The van der Waals surface area contributed by atoms with Crippen LogP contribution >= 0.6 is 0 Å². The fourth-order valence-electron chi connectivity index (χ4n) is 3.40. The minimum Gasteiger partial charge on any atom is -0.305 e. The van der Waals surface area contributed by atoms with Gasteiger partial charge in [-0.15, -0.1) is 0 Å². The molecular weight excluding hydrogens is 360 g/mol. The van der Waals surface area contributed by atoms with Crippen molar-refractivity contribution < 1.29 is 18.4 Å². The summed E-state index contributed by atoms with van der Waals surface area (Å²) >= 11 is 0. The van der Waals surface area contributed by atoms with Crippen LogP contribution in [-0.4, -0.2) is 45.2 Å². The van der Waals surface area contributed by atoms with E-state index in [1.54, 1.807) is 13.1 Å². The number of nitrogens with zero attached hydrogens (tertiary/aromatic N) is 7. The van der Waals surface area contributed by atoms with Crippen LogP contribution in [0.25, 0.3) is 16.1 Å². The molecule has 0 bridgehead atoms. The first-order valence-corrected chi connectivity index (χ1v) is 8.25. The molecule has 1 aliphatic carbocycles. The Morgan fingerprint density at radius 2 is 2.11 bits per heavy atom. The van der Waals surface area contributed by atoms with Crippen molar-refractivity contribution in [2.45, 2.75) is 37.8 Å². The molecule has 1 aliphatic heterocycles. The van der Waals surface area contributed by atoms with Crippen molar-refractivity contribution in [2.75, 3.05) is 11.9 Å². The number of pyridine rings is 1. The van der Waals surface area contributed by atoms with Crippen LogP contribution in [0.1, 0.15) is 30.5 Å². The molecule has 1 saturated heterocycles. The lowest BCUT2D eigenvalue weighted by molar-refractivity contribution is -0.125. The Morgan fingerprint density at radius 3 is 2.67 bits per heavy atom. The number of carbonyl (C=O) groups excluding carboxylic acids is 2. The molecular formula is C16H15F2N7O2. The third-order valence-electron chi connectivity index (χ3n) is 4.95. The van der Waals surface area contributed by atoms with E-state index in [4.69, 9.17) is 5.53 Å². The van der Waals surface area contributed by atoms with Gasteiger partial charge in [0.2, 0.25) is 0 Å². The lowest BCUT2D eigenvalue weighted by Crippen LogP contribution is -2.33. The molecule has 2 aromatic rings. The smallest absolute Gasteiger partial charge is 0.305 e. The van der Waals surface area contributed by atoms with Crippen LogP contribution < -0.4 is 4.90 Å². The summed E-state index contributed by atoms with van der Waals surface area (Å²) in [6, 6.07) is 0.166. The summed E-state index contributed by atoms with van der Waals surface area (Å²) in [4.78, 5) is 34.0. The van der Waals surface area contributed by atoms with E-state index in [0.717, 1.165) is 4.90 Å². The van der Waals surface area contributed by atoms with E-state index >= 15 is 0 Å². The van der Waals surface area contributed by atoms with Crippen LogP contribution in [0.2, 0.25) is 0 Å². The highest BCUT2D eigenvalue weighted by molar-refractivity contribution is 6.15. The average Bonchev–Trinajstić information content (AvgIpc) is 3.00. The maximum Gasteiger partial charge on any atom is 0.331 e. The highest BCUT2D eigenvalue weighted by Crippen LogP contribution is 2.56. The van der Waals surface area contributed by atoms with Gasteiger partial charge in [-0.05, 0) is 24.1 Å². The Balaban J connectivity index is 1.89. The summed E-state index contributed by atoms with van der Waals surface area (Å²) in [7, 11) is 1.37. The van der Waals surface area contributed by atoms with Crippen LogP contribution in [-0.2, 0) is 11.3 Å². The van der Waals surface area contributed by atoms with Crippen molar-refractivity contribution in [3.63, 3.8) is 0 Å². The lowest BCUT2D eigenvalue weighted by Gasteiger charge is -2.20. The van der Waals surface area contributed by atoms with Crippen LogP contribution in [0.5, 0.6) is 0 Å². The predicted molar refractivity (Wildman–Crippen MR) is 90.5 cm³/mol. The van der Waals surface area contributed by atoms with Gasteiger partial charge in [0.05, 0.1) is 23.8 Å². The Bertz CT molecular complexity index is 1030. The molecule has 11 heteroatoms. The van der Waals surface area contributed by atoms with Gasteiger partial charge in [-0.2, -0.15) is 0 Å². The van der Waals surface area contributed by atoms with Gasteiger partial charge in [0.15, 0.2) is 5.65 Å². The predicted octanol–water partition coefficient (Wildman–Crippen LogP) is 3.05. The molecule has 4 rings (SSSR count). The van der Waals surface area contributed by atoms with E-state index in [1.165, 1.54) is 28.6 Å². The standard InChI is InChI=1S/C16H15F2N7O2/c1-8-14(26)23(2)15(27)25(8)12-3-9(11-4-16(11,17)18)6-24-7-10(5-20-22-19)21-13(12)24/h3,6-8,11H,4-5H2,1-2H3. The van der Waals surface area contributed by atoms with Crippen LogP contribution in [0.4, 0.5) is 19.3 Å². The largest absolute Gasteiger partial charge is 0.331 e. The first kappa shape index (κ1) is 17.2. The molecule has 2 atom stereocenters. The Kier molecular flexibility index (Phi) is 3.60. The normalized spacial score (nSPS) is 23.9. The molecule has 2 aliphatic rings. The fourth-order valence-corrected chi connectivity index (χ4v) is 3.40. The number of hydrogen-bond acceptors (Lipinski definition) is 4. The van der Waals surface area contributed by atoms with Gasteiger partial charge in [-0.25, -0.2) is 18.6 Å². The summed E-state index contributed by atoms with van der Waals surface area (Å²) < 4.78 is 28.8. The van der Waals surface area contributed by atoms with Gasteiger partial charge < -0.3 is 4.40 Å². The van der Waals surface area contributed by atoms with Crippen molar-refractivity contribution >= 4 is 23.3 Å². The minimum atomic E-state index is -2.79. The molecule has 27 heavy (non-hydrogen) atoms. The van der Waals surface area contributed by atoms with Gasteiger partial charge in [-0.3, -0.25) is 14.6 Å². The molecule has 2 aromatic heterocycles. The number of azide groups is 1. The van der Waals surface area contributed by atoms with E-state index in [-0.39, 0.29) is 24.6 Å². The number of likely N-dealkylation sites (N-methyl/N-ethyl adjacent to an activating group) is 1. The number of halogens is 2. The Labute approximate surface area is 151 Å². The number of anilines is 1. The number of rotatable bonds is 4. The number of imidazole rings is 1. The molecule has 3 amide bonds. The third kappa shape index (κ3) is 2.58. The second kappa shape index (κ2) is 5.65. The van der Waals surface area contributed by atoms with Gasteiger partial charge in [-0.1, -0.05) is 5.11 Å². The zero-order valence-electron chi connectivity index (χ0n) is 14.5. The molecule has 0 spiro atoms. The molecule has 2 unspecified atom stereocenters. The fraction of sp³-hybridized carbons (Fsp3) is 0.438. The molecule has 3 heterocycles. The van der Waals surface area contributed by atoms with Gasteiger partial charge in [0, 0.05) is 30.8 Å². The molecule has 9 nitrogen and oxygen atoms in total. The van der Waals surface area contributed by atoms with Crippen LogP contribution in [0.15, 0.2) is 23.6 Å². The summed E-state index contributed by atoms with van der Waals surface area (Å²) in [5.74, 6) is -4.11. The van der Waals surface area contributed by atoms with Gasteiger partial charge >= 0.3 is 6.03 Å². The van der Waals surface area contributed by atoms with Crippen molar-refractivity contribution in [1.82, 2.24) is 14.3 Å². The van der Waals surface area contributed by atoms with Crippen molar-refractivity contribution in [3.8, 4) is 0 Å². The van der Waals surface area contributed by atoms with E-state index in [1.807, 2.05) is 0 Å². The summed E-state index contributed by atoms with van der Waals surface area (Å²) in [6.07, 6.45) is 2.84. The SMILES string of the molecule is CC1C(=O)N(C)C(=O)N1c1cc(C2CC2(F)F)cn2cc(CN=[N+]=[N-])nc12. The van der Waals surface area contributed by atoms with Crippen molar-refractivity contribution in [3.05, 3.63) is 40.2 Å².